The van der Waals surface area contributed by atoms with Crippen LogP contribution in [0, 0.1) is 0 Å². The highest BCUT2D eigenvalue weighted by molar-refractivity contribution is 4.69. The van der Waals surface area contributed by atoms with Gasteiger partial charge in [-0.15, -0.1) is 0 Å². The van der Waals surface area contributed by atoms with Gasteiger partial charge in [-0.2, -0.15) is 0 Å². The van der Waals surface area contributed by atoms with Crippen molar-refractivity contribution in [3.05, 3.63) is 0 Å². The van der Waals surface area contributed by atoms with Crippen LogP contribution in [0.25, 0.3) is 0 Å². The summed E-state index contributed by atoms with van der Waals surface area (Å²) in [5, 5.41) is 9.38. The summed E-state index contributed by atoms with van der Waals surface area (Å²) in [6, 6.07) is 0. The molecule has 2 aliphatic heterocycles. The zero-order chi connectivity index (χ0) is 9.80. The summed E-state index contributed by atoms with van der Waals surface area (Å²) in [4.78, 5) is 0. The Morgan fingerprint density at radius 1 is 1.07 bits per heavy atom. The third kappa shape index (κ3) is 4.34. The molecule has 2 atom stereocenters. The summed E-state index contributed by atoms with van der Waals surface area (Å²) < 4.78 is 20.3. The van der Waals surface area contributed by atoms with E-state index in [4.69, 9.17) is 18.9 Å². The molecule has 2 fully saturated rings. The predicted octanol–water partition coefficient (Wildman–Crippen LogP) is -0.822. The summed E-state index contributed by atoms with van der Waals surface area (Å²) in [7, 11) is 0. The fourth-order valence-corrected chi connectivity index (χ4v) is 1.05. The van der Waals surface area contributed by atoms with E-state index in [0.717, 1.165) is 13.2 Å². The molecule has 0 aliphatic carbocycles. The van der Waals surface area contributed by atoms with E-state index in [9.17, 15) is 5.11 Å². The van der Waals surface area contributed by atoms with Gasteiger partial charge in [0.05, 0.1) is 39.6 Å². The molecule has 0 saturated carbocycles. The van der Waals surface area contributed by atoms with Crippen LogP contribution in [0.4, 0.5) is 0 Å². The van der Waals surface area contributed by atoms with E-state index in [1.54, 1.807) is 0 Å². The number of aliphatic hydroxyl groups is 1. The predicted molar refractivity (Wildman–Crippen MR) is 47.1 cm³/mol. The Kier molecular flexibility index (Phi) is 3.72. The zero-order valence-electron chi connectivity index (χ0n) is 8.05. The van der Waals surface area contributed by atoms with Crippen LogP contribution in [0.5, 0.6) is 0 Å². The van der Waals surface area contributed by atoms with Crippen molar-refractivity contribution in [2.45, 2.75) is 18.3 Å². The minimum Gasteiger partial charge on any atom is -0.388 e. The van der Waals surface area contributed by atoms with Crippen LogP contribution < -0.4 is 0 Å². The maximum absolute atomic E-state index is 9.38. The third-order valence-electron chi connectivity index (χ3n) is 2.03. The lowest BCUT2D eigenvalue weighted by molar-refractivity contribution is -0.0239. The highest BCUT2D eigenvalue weighted by Crippen LogP contribution is 2.09. The topological polar surface area (TPSA) is 63.8 Å². The first-order chi connectivity index (χ1) is 6.84. The van der Waals surface area contributed by atoms with Crippen molar-refractivity contribution in [1.82, 2.24) is 0 Å². The lowest BCUT2D eigenvalue weighted by Crippen LogP contribution is -2.23. The number of rotatable bonds is 8. The number of hydrogen-bond acceptors (Lipinski definition) is 5. The van der Waals surface area contributed by atoms with Crippen molar-refractivity contribution in [1.29, 1.82) is 0 Å². The molecule has 0 amide bonds. The summed E-state index contributed by atoms with van der Waals surface area (Å²) >= 11 is 0. The molecular formula is C9H16O5. The van der Waals surface area contributed by atoms with E-state index < -0.39 is 6.10 Å². The maximum atomic E-state index is 9.38. The molecule has 82 valence electrons. The Morgan fingerprint density at radius 3 is 1.86 bits per heavy atom. The van der Waals surface area contributed by atoms with Gasteiger partial charge in [-0.1, -0.05) is 0 Å². The molecule has 2 rings (SSSR count). The van der Waals surface area contributed by atoms with Crippen molar-refractivity contribution in [2.75, 3.05) is 39.6 Å². The van der Waals surface area contributed by atoms with E-state index in [1.165, 1.54) is 0 Å². The summed E-state index contributed by atoms with van der Waals surface area (Å²) in [5.74, 6) is 0. The fourth-order valence-electron chi connectivity index (χ4n) is 1.05. The second kappa shape index (κ2) is 5.04. The average molecular weight is 204 g/mol. The Labute approximate surface area is 82.9 Å². The molecule has 2 saturated heterocycles. The molecule has 0 aromatic rings. The fraction of sp³-hybridized carbons (Fsp3) is 1.00. The molecule has 2 aliphatic rings. The lowest BCUT2D eigenvalue weighted by Gasteiger charge is -2.10. The molecule has 0 aromatic heterocycles. The van der Waals surface area contributed by atoms with Crippen LogP contribution in [-0.2, 0) is 18.9 Å². The minimum atomic E-state index is -0.549. The van der Waals surface area contributed by atoms with E-state index in [1.807, 2.05) is 0 Å². The average Bonchev–Trinajstić information content (AvgIpc) is 2.99. The van der Waals surface area contributed by atoms with Gasteiger partial charge >= 0.3 is 0 Å². The first kappa shape index (κ1) is 10.3. The molecule has 14 heavy (non-hydrogen) atoms. The van der Waals surface area contributed by atoms with Crippen LogP contribution in [0.15, 0.2) is 0 Å². The summed E-state index contributed by atoms with van der Waals surface area (Å²) in [6.07, 6.45) is -0.0431. The molecule has 5 heteroatoms. The molecule has 5 nitrogen and oxygen atoms in total. The van der Waals surface area contributed by atoms with Gasteiger partial charge in [-0.3, -0.25) is 0 Å². The van der Waals surface area contributed by atoms with Gasteiger partial charge in [-0.25, -0.2) is 0 Å². The Hall–Kier alpha value is -0.200. The van der Waals surface area contributed by atoms with Gasteiger partial charge in [-0.05, 0) is 0 Å². The van der Waals surface area contributed by atoms with Crippen molar-refractivity contribution in [2.24, 2.45) is 0 Å². The van der Waals surface area contributed by atoms with Gasteiger partial charge in [0.2, 0.25) is 0 Å². The monoisotopic (exact) mass is 204 g/mol. The van der Waals surface area contributed by atoms with Crippen molar-refractivity contribution in [3.63, 3.8) is 0 Å². The second-order valence-electron chi connectivity index (χ2n) is 3.64. The van der Waals surface area contributed by atoms with Crippen molar-refractivity contribution >= 4 is 0 Å². The van der Waals surface area contributed by atoms with Gasteiger partial charge in [0, 0.05) is 0 Å². The maximum Gasteiger partial charge on any atom is 0.104 e. The van der Waals surface area contributed by atoms with E-state index in [2.05, 4.69) is 0 Å². The lowest BCUT2D eigenvalue weighted by atomic mass is 10.4. The van der Waals surface area contributed by atoms with Crippen LogP contribution >= 0.6 is 0 Å². The van der Waals surface area contributed by atoms with E-state index in [0.29, 0.717) is 26.4 Å². The van der Waals surface area contributed by atoms with Gasteiger partial charge in [0.25, 0.3) is 0 Å². The second-order valence-corrected chi connectivity index (χ2v) is 3.64. The molecule has 0 bridgehead atoms. The van der Waals surface area contributed by atoms with Crippen LogP contribution in [0.2, 0.25) is 0 Å². The van der Waals surface area contributed by atoms with E-state index >= 15 is 0 Å². The minimum absolute atomic E-state index is 0.253. The molecular weight excluding hydrogens is 188 g/mol. The van der Waals surface area contributed by atoms with Crippen LogP contribution in [0.1, 0.15) is 0 Å². The van der Waals surface area contributed by atoms with Crippen LogP contribution in [0.3, 0.4) is 0 Å². The Bertz CT molecular complexity index is 149. The molecule has 2 heterocycles. The zero-order valence-corrected chi connectivity index (χ0v) is 8.05. The first-order valence-electron chi connectivity index (χ1n) is 4.91. The van der Waals surface area contributed by atoms with E-state index in [-0.39, 0.29) is 12.2 Å². The highest BCUT2D eigenvalue weighted by Gasteiger charge is 2.24. The Balaban J connectivity index is 1.38. The normalized spacial score (nSPS) is 29.6. The van der Waals surface area contributed by atoms with Gasteiger partial charge < -0.3 is 24.1 Å². The quantitative estimate of drug-likeness (QED) is 0.523. The highest BCUT2D eigenvalue weighted by atomic mass is 16.6. The number of aliphatic hydroxyl groups excluding tert-OH is 1. The van der Waals surface area contributed by atoms with Crippen LogP contribution in [-0.4, -0.2) is 63.1 Å². The standard InChI is InChI=1S/C9H16O5/c10-7(1-11-3-8-5-13-8)2-12-4-9-6-14-9/h7-10H,1-6H2/t8-,9-/m1/s1. The molecule has 0 unspecified atom stereocenters. The Morgan fingerprint density at radius 2 is 1.50 bits per heavy atom. The van der Waals surface area contributed by atoms with Gasteiger partial charge in [0.15, 0.2) is 0 Å². The first-order valence-corrected chi connectivity index (χ1v) is 4.91. The van der Waals surface area contributed by atoms with Gasteiger partial charge in [0.1, 0.15) is 18.3 Å². The molecule has 0 radical (unpaired) electrons. The third-order valence-corrected chi connectivity index (χ3v) is 2.03. The largest absolute Gasteiger partial charge is 0.388 e. The number of ether oxygens (including phenoxy) is 4. The molecule has 0 aromatic carbocycles. The van der Waals surface area contributed by atoms with Crippen molar-refractivity contribution in [3.8, 4) is 0 Å². The molecule has 0 spiro atoms. The summed E-state index contributed by atoms with van der Waals surface area (Å²) in [5.41, 5.74) is 0. The van der Waals surface area contributed by atoms with Crippen molar-refractivity contribution < 1.29 is 24.1 Å². The summed E-state index contributed by atoms with van der Waals surface area (Å²) in [6.45, 7) is 3.33. The number of hydrogen-bond donors (Lipinski definition) is 1. The molecule has 1 N–H and O–H groups in total. The SMILES string of the molecule is OC(COC[C@@H]1CO1)COC[C@@H]1CO1. The smallest absolute Gasteiger partial charge is 0.104 e. The number of epoxide rings is 2.